The van der Waals surface area contributed by atoms with Crippen molar-refractivity contribution in [2.45, 2.75) is 38.4 Å². The highest BCUT2D eigenvalue weighted by atomic mass is 16.6. The molecule has 1 saturated carbocycles. The molecule has 1 heterocycles. The smallest absolute Gasteiger partial charge is 0.232 e. The fraction of sp³-hybridized carbons (Fsp3) is 0.778. The van der Waals surface area contributed by atoms with E-state index in [9.17, 15) is 5.11 Å². The Morgan fingerprint density at radius 2 is 2.36 bits per heavy atom. The van der Waals surface area contributed by atoms with Crippen LogP contribution in [0.1, 0.15) is 44.7 Å². The molecule has 5 heteroatoms. The second-order valence-corrected chi connectivity index (χ2v) is 3.83. The Labute approximate surface area is 82.1 Å². The molecule has 1 aromatic heterocycles. The van der Waals surface area contributed by atoms with E-state index < -0.39 is 6.29 Å². The number of hydrogen-bond acceptors (Lipinski definition) is 5. The summed E-state index contributed by atoms with van der Waals surface area (Å²) in [6, 6.07) is 0. The van der Waals surface area contributed by atoms with Crippen molar-refractivity contribution in [3.05, 3.63) is 11.7 Å². The van der Waals surface area contributed by atoms with Crippen molar-refractivity contribution >= 4 is 0 Å². The molecule has 14 heavy (non-hydrogen) atoms. The van der Waals surface area contributed by atoms with E-state index in [0.29, 0.717) is 12.5 Å². The summed E-state index contributed by atoms with van der Waals surface area (Å²) in [7, 11) is 0. The highest BCUT2D eigenvalue weighted by molar-refractivity contribution is 5.12. The summed E-state index contributed by atoms with van der Waals surface area (Å²) in [5.74, 6) is 0.821. The Morgan fingerprint density at radius 1 is 1.64 bits per heavy atom. The van der Waals surface area contributed by atoms with Crippen molar-refractivity contribution < 1.29 is 14.4 Å². The van der Waals surface area contributed by atoms with E-state index in [1.165, 1.54) is 0 Å². The van der Waals surface area contributed by atoms with Gasteiger partial charge in [-0.25, -0.2) is 0 Å². The third-order valence-corrected chi connectivity index (χ3v) is 2.50. The van der Waals surface area contributed by atoms with Crippen molar-refractivity contribution in [3.63, 3.8) is 0 Å². The van der Waals surface area contributed by atoms with Crippen LogP contribution >= 0.6 is 0 Å². The van der Waals surface area contributed by atoms with Gasteiger partial charge in [0, 0.05) is 12.0 Å². The van der Waals surface area contributed by atoms with Gasteiger partial charge in [0.2, 0.25) is 18.0 Å². The number of ether oxygens (including phenoxy) is 1. The maximum Gasteiger partial charge on any atom is 0.232 e. The van der Waals surface area contributed by atoms with E-state index in [-0.39, 0.29) is 11.2 Å². The zero-order valence-corrected chi connectivity index (χ0v) is 8.36. The molecule has 0 amide bonds. The number of aliphatic hydroxyl groups excluding tert-OH is 1. The highest BCUT2D eigenvalue weighted by Crippen LogP contribution is 2.46. The molecule has 78 valence electrons. The molecular weight excluding hydrogens is 184 g/mol. The van der Waals surface area contributed by atoms with Crippen LogP contribution in [0.2, 0.25) is 0 Å². The van der Waals surface area contributed by atoms with Crippen LogP contribution in [0.15, 0.2) is 4.52 Å². The van der Waals surface area contributed by atoms with Gasteiger partial charge in [-0.1, -0.05) is 12.1 Å². The summed E-state index contributed by atoms with van der Waals surface area (Å²) in [6.45, 7) is 4.28. The lowest BCUT2D eigenvalue weighted by atomic mass is 10.1. The van der Waals surface area contributed by atoms with E-state index >= 15 is 0 Å². The molecule has 0 saturated heterocycles. The van der Waals surface area contributed by atoms with Gasteiger partial charge in [-0.2, -0.15) is 4.98 Å². The molecule has 0 radical (unpaired) electrons. The lowest BCUT2D eigenvalue weighted by molar-refractivity contribution is -0.104. The lowest BCUT2D eigenvalue weighted by Crippen LogP contribution is -2.06. The van der Waals surface area contributed by atoms with Crippen molar-refractivity contribution in [2.24, 2.45) is 0 Å². The number of aliphatic hydroxyl groups is 1. The Bertz CT molecular complexity index is 320. The lowest BCUT2D eigenvalue weighted by Gasteiger charge is -2.03. The molecule has 0 aliphatic heterocycles. The van der Waals surface area contributed by atoms with Gasteiger partial charge in [-0.05, 0) is 19.8 Å². The number of rotatable bonds is 4. The summed E-state index contributed by atoms with van der Waals surface area (Å²) in [5.41, 5.74) is 0.0389. The summed E-state index contributed by atoms with van der Waals surface area (Å²) in [6.07, 6.45) is 1.07. The third-order valence-electron chi connectivity index (χ3n) is 2.50. The number of nitrogens with zero attached hydrogens (tertiary/aromatic N) is 2. The quantitative estimate of drug-likeness (QED) is 0.735. The van der Waals surface area contributed by atoms with Crippen LogP contribution in [0.4, 0.5) is 0 Å². The van der Waals surface area contributed by atoms with E-state index in [2.05, 4.69) is 17.1 Å². The number of aromatic nitrogens is 2. The number of hydrogen-bond donors (Lipinski definition) is 1. The molecule has 1 unspecified atom stereocenters. The molecular formula is C9H14N2O3. The van der Waals surface area contributed by atoms with Gasteiger partial charge in [0.25, 0.3) is 0 Å². The molecule has 1 N–H and O–H groups in total. The van der Waals surface area contributed by atoms with Crippen molar-refractivity contribution in [1.82, 2.24) is 10.1 Å². The molecule has 0 spiro atoms. The van der Waals surface area contributed by atoms with Crippen molar-refractivity contribution in [2.75, 3.05) is 6.61 Å². The average molecular weight is 198 g/mol. The zero-order valence-electron chi connectivity index (χ0n) is 8.36. The van der Waals surface area contributed by atoms with Gasteiger partial charge in [0.05, 0.1) is 0 Å². The van der Waals surface area contributed by atoms with Gasteiger partial charge >= 0.3 is 0 Å². The van der Waals surface area contributed by atoms with Gasteiger partial charge in [0.15, 0.2) is 0 Å². The first-order valence-electron chi connectivity index (χ1n) is 4.79. The van der Waals surface area contributed by atoms with E-state index in [1.54, 1.807) is 6.92 Å². The molecule has 2 rings (SSSR count). The topological polar surface area (TPSA) is 68.4 Å². The standard InChI is InChI=1S/C9H14N2O3/c1-3-13-7(12)6-10-8(14-11-6)9(2)4-5-9/h7,12H,3-5H2,1-2H3. The maximum absolute atomic E-state index is 9.41. The van der Waals surface area contributed by atoms with Crippen LogP contribution in [0, 0.1) is 0 Å². The minimum Gasteiger partial charge on any atom is -0.362 e. The monoisotopic (exact) mass is 198 g/mol. The second-order valence-electron chi connectivity index (χ2n) is 3.83. The molecule has 1 aliphatic rings. The van der Waals surface area contributed by atoms with Gasteiger partial charge in [0.1, 0.15) is 0 Å². The zero-order chi connectivity index (χ0) is 10.2. The Morgan fingerprint density at radius 3 is 2.93 bits per heavy atom. The van der Waals surface area contributed by atoms with Gasteiger partial charge < -0.3 is 14.4 Å². The van der Waals surface area contributed by atoms with Crippen LogP contribution in [-0.2, 0) is 10.2 Å². The summed E-state index contributed by atoms with van der Waals surface area (Å²) in [4.78, 5) is 4.11. The molecule has 1 atom stereocenters. The van der Waals surface area contributed by atoms with Crippen LogP contribution in [0.25, 0.3) is 0 Å². The predicted molar refractivity (Wildman–Crippen MR) is 47.5 cm³/mol. The largest absolute Gasteiger partial charge is 0.362 e. The first-order valence-corrected chi connectivity index (χ1v) is 4.79. The van der Waals surface area contributed by atoms with E-state index in [0.717, 1.165) is 12.8 Å². The normalized spacial score (nSPS) is 20.8. The van der Waals surface area contributed by atoms with Crippen LogP contribution in [0.3, 0.4) is 0 Å². The summed E-state index contributed by atoms with van der Waals surface area (Å²) in [5, 5.41) is 13.1. The average Bonchev–Trinajstić information content (AvgIpc) is 2.72. The Hall–Kier alpha value is -0.940. The molecule has 0 bridgehead atoms. The molecule has 5 nitrogen and oxygen atoms in total. The van der Waals surface area contributed by atoms with Crippen LogP contribution in [-0.4, -0.2) is 21.9 Å². The predicted octanol–water partition coefficient (Wildman–Crippen LogP) is 1.15. The fourth-order valence-electron chi connectivity index (χ4n) is 1.21. The summed E-state index contributed by atoms with van der Waals surface area (Å²) >= 11 is 0. The maximum atomic E-state index is 9.41. The first kappa shape index (κ1) is 9.61. The van der Waals surface area contributed by atoms with E-state index in [4.69, 9.17) is 9.26 Å². The minimum absolute atomic E-state index is 0.0389. The Kier molecular flexibility index (Phi) is 2.28. The van der Waals surface area contributed by atoms with Gasteiger partial charge in [-0.3, -0.25) is 0 Å². The highest BCUT2D eigenvalue weighted by Gasteiger charge is 2.44. The fourth-order valence-corrected chi connectivity index (χ4v) is 1.21. The van der Waals surface area contributed by atoms with Gasteiger partial charge in [-0.15, -0.1) is 0 Å². The van der Waals surface area contributed by atoms with Crippen molar-refractivity contribution in [1.29, 1.82) is 0 Å². The second kappa shape index (κ2) is 3.33. The molecule has 1 fully saturated rings. The van der Waals surface area contributed by atoms with Crippen molar-refractivity contribution in [3.8, 4) is 0 Å². The van der Waals surface area contributed by atoms with Crippen LogP contribution in [0.5, 0.6) is 0 Å². The Balaban J connectivity index is 2.09. The van der Waals surface area contributed by atoms with Crippen LogP contribution < -0.4 is 0 Å². The first-order chi connectivity index (χ1) is 6.65. The summed E-state index contributed by atoms with van der Waals surface area (Å²) < 4.78 is 10.0. The molecule has 1 aliphatic carbocycles. The molecule has 0 aromatic carbocycles. The minimum atomic E-state index is -1.07. The molecule has 1 aromatic rings. The SMILES string of the molecule is CCOC(O)c1noc(C2(C)CC2)n1. The van der Waals surface area contributed by atoms with E-state index in [1.807, 2.05) is 0 Å². The third kappa shape index (κ3) is 1.65.